The minimum absolute atomic E-state index is 0.148. The molecule has 2 aromatic heterocycles. The van der Waals surface area contributed by atoms with Gasteiger partial charge in [-0.05, 0) is 37.0 Å². The summed E-state index contributed by atoms with van der Waals surface area (Å²) in [5.74, 6) is 0.995. The molecule has 0 bridgehead atoms. The Bertz CT molecular complexity index is 1150. The van der Waals surface area contributed by atoms with E-state index < -0.39 is 11.2 Å². The molecule has 0 aliphatic carbocycles. The molecule has 1 aliphatic heterocycles. The van der Waals surface area contributed by atoms with E-state index in [4.69, 9.17) is 16.0 Å². The predicted molar refractivity (Wildman–Crippen MR) is 110 cm³/mol. The van der Waals surface area contributed by atoms with Crippen molar-refractivity contribution in [2.75, 3.05) is 6.54 Å². The van der Waals surface area contributed by atoms with Crippen LogP contribution in [0.1, 0.15) is 42.5 Å². The largest absolute Gasteiger partial charge is 0.443 e. The second kappa shape index (κ2) is 8.71. The van der Waals surface area contributed by atoms with Crippen molar-refractivity contribution in [2.24, 2.45) is 0 Å². The molecule has 1 aromatic carbocycles. The average molecular weight is 429 g/mol. The summed E-state index contributed by atoms with van der Waals surface area (Å²) in [4.78, 5) is 44.3. The van der Waals surface area contributed by atoms with Crippen LogP contribution in [0.5, 0.6) is 0 Å². The Kier molecular flexibility index (Phi) is 5.85. The number of halogens is 1. The number of benzene rings is 1. The Morgan fingerprint density at radius 3 is 2.77 bits per heavy atom. The van der Waals surface area contributed by atoms with E-state index in [-0.39, 0.29) is 18.5 Å². The van der Waals surface area contributed by atoms with Gasteiger partial charge in [0.1, 0.15) is 18.3 Å². The first kappa shape index (κ1) is 20.2. The number of carbonyl (C=O) groups is 1. The molecule has 4 rings (SSSR count). The number of rotatable bonds is 5. The van der Waals surface area contributed by atoms with E-state index in [2.05, 4.69) is 9.97 Å². The second-order valence-electron chi connectivity index (χ2n) is 7.30. The van der Waals surface area contributed by atoms with E-state index in [0.29, 0.717) is 29.6 Å². The number of nitrogens with zero attached hydrogens (tertiary/aromatic N) is 3. The minimum Gasteiger partial charge on any atom is -0.443 e. The van der Waals surface area contributed by atoms with Crippen molar-refractivity contribution >= 4 is 17.5 Å². The molecule has 156 valence electrons. The number of oxazole rings is 1. The highest BCUT2D eigenvalue weighted by atomic mass is 35.5. The Hall–Kier alpha value is -3.13. The number of hydrogen-bond donors (Lipinski definition) is 1. The van der Waals surface area contributed by atoms with Gasteiger partial charge in [-0.15, -0.1) is 0 Å². The first-order chi connectivity index (χ1) is 14.5. The highest BCUT2D eigenvalue weighted by molar-refractivity contribution is 6.30. The van der Waals surface area contributed by atoms with Crippen LogP contribution in [-0.2, 0) is 17.8 Å². The lowest BCUT2D eigenvalue weighted by Gasteiger charge is -2.33. The van der Waals surface area contributed by atoms with Gasteiger partial charge in [0.25, 0.3) is 5.56 Å². The Labute approximate surface area is 177 Å². The van der Waals surface area contributed by atoms with E-state index in [0.717, 1.165) is 24.8 Å². The lowest BCUT2D eigenvalue weighted by Crippen LogP contribution is -2.42. The normalized spacial score (nSPS) is 16.6. The van der Waals surface area contributed by atoms with Gasteiger partial charge in [0.15, 0.2) is 0 Å². The molecule has 1 fully saturated rings. The smallest absolute Gasteiger partial charge is 0.328 e. The highest BCUT2D eigenvalue weighted by Gasteiger charge is 2.31. The number of aromatic amines is 1. The summed E-state index contributed by atoms with van der Waals surface area (Å²) in [6.07, 6.45) is 6.18. The van der Waals surface area contributed by atoms with Crippen LogP contribution in [-0.4, -0.2) is 31.9 Å². The lowest BCUT2D eigenvalue weighted by atomic mass is 10.0. The number of amides is 1. The molecule has 0 unspecified atom stereocenters. The van der Waals surface area contributed by atoms with Gasteiger partial charge >= 0.3 is 5.69 Å². The number of piperidine rings is 1. The summed E-state index contributed by atoms with van der Waals surface area (Å²) in [5.41, 5.74) is -0.0468. The maximum atomic E-state index is 12.9. The zero-order chi connectivity index (χ0) is 21.1. The summed E-state index contributed by atoms with van der Waals surface area (Å²) >= 11 is 5.93. The van der Waals surface area contributed by atoms with Gasteiger partial charge < -0.3 is 9.32 Å². The highest BCUT2D eigenvalue weighted by Crippen LogP contribution is 2.31. The molecule has 1 atom stereocenters. The van der Waals surface area contributed by atoms with Crippen LogP contribution in [0.25, 0.3) is 0 Å². The van der Waals surface area contributed by atoms with Crippen molar-refractivity contribution in [3.8, 4) is 0 Å². The van der Waals surface area contributed by atoms with Gasteiger partial charge in [-0.2, -0.15) is 0 Å². The van der Waals surface area contributed by atoms with Crippen molar-refractivity contribution in [1.82, 2.24) is 19.4 Å². The number of H-pyrrole nitrogens is 1. The molecule has 0 spiro atoms. The topological polar surface area (TPSA) is 101 Å². The standard InChI is InChI=1S/C21H21ClN4O4/c22-15-6-4-14(5-7-15)11-16-12-23-20(30-16)17-3-1-2-9-26(17)19(28)13-25-10-8-18(27)24-21(25)29/h4-8,10,12,17H,1-3,9,11,13H2,(H,24,27,29)/t17-/m1/s1. The summed E-state index contributed by atoms with van der Waals surface area (Å²) in [7, 11) is 0. The third-order valence-electron chi connectivity index (χ3n) is 5.17. The van der Waals surface area contributed by atoms with Crippen LogP contribution < -0.4 is 11.2 Å². The van der Waals surface area contributed by atoms with E-state index >= 15 is 0 Å². The molecular formula is C21H21ClN4O4. The first-order valence-electron chi connectivity index (χ1n) is 9.78. The fraction of sp³-hybridized carbons (Fsp3) is 0.333. The zero-order valence-electron chi connectivity index (χ0n) is 16.2. The van der Waals surface area contributed by atoms with Gasteiger partial charge in [0, 0.05) is 30.3 Å². The first-order valence-corrected chi connectivity index (χ1v) is 10.2. The van der Waals surface area contributed by atoms with Gasteiger partial charge in [0.2, 0.25) is 11.8 Å². The van der Waals surface area contributed by atoms with Crippen molar-refractivity contribution in [2.45, 2.75) is 38.3 Å². The van der Waals surface area contributed by atoms with Gasteiger partial charge in [-0.3, -0.25) is 19.1 Å². The van der Waals surface area contributed by atoms with Gasteiger partial charge in [-0.1, -0.05) is 23.7 Å². The number of hydrogen-bond acceptors (Lipinski definition) is 5. The maximum Gasteiger partial charge on any atom is 0.328 e. The van der Waals surface area contributed by atoms with Crippen molar-refractivity contribution in [3.05, 3.63) is 85.8 Å². The van der Waals surface area contributed by atoms with E-state index in [1.54, 1.807) is 11.1 Å². The average Bonchev–Trinajstić information content (AvgIpc) is 3.20. The molecule has 0 saturated carbocycles. The van der Waals surface area contributed by atoms with Crippen molar-refractivity contribution in [1.29, 1.82) is 0 Å². The predicted octanol–water partition coefficient (Wildman–Crippen LogP) is 2.52. The maximum absolute atomic E-state index is 12.9. The number of aromatic nitrogens is 3. The third-order valence-corrected chi connectivity index (χ3v) is 5.43. The van der Waals surface area contributed by atoms with Crippen LogP contribution >= 0.6 is 11.6 Å². The van der Waals surface area contributed by atoms with E-state index in [1.165, 1.54) is 16.8 Å². The van der Waals surface area contributed by atoms with Crippen molar-refractivity contribution in [3.63, 3.8) is 0 Å². The molecule has 1 saturated heterocycles. The van der Waals surface area contributed by atoms with Gasteiger partial charge in [0.05, 0.1) is 6.20 Å². The second-order valence-corrected chi connectivity index (χ2v) is 7.74. The summed E-state index contributed by atoms with van der Waals surface area (Å²) in [5, 5.41) is 0.676. The zero-order valence-corrected chi connectivity index (χ0v) is 17.0. The van der Waals surface area contributed by atoms with Crippen LogP contribution in [0.4, 0.5) is 0 Å². The van der Waals surface area contributed by atoms with E-state index in [9.17, 15) is 14.4 Å². The van der Waals surface area contributed by atoms with Crippen LogP contribution in [0, 0.1) is 0 Å². The quantitative estimate of drug-likeness (QED) is 0.672. The Balaban J connectivity index is 1.50. The number of nitrogens with one attached hydrogen (secondary N) is 1. The summed E-state index contributed by atoms with van der Waals surface area (Å²) in [6, 6.07) is 8.47. The van der Waals surface area contributed by atoms with E-state index in [1.807, 2.05) is 24.3 Å². The van der Waals surface area contributed by atoms with Gasteiger partial charge in [-0.25, -0.2) is 9.78 Å². The molecule has 3 heterocycles. The molecule has 1 aliphatic rings. The lowest BCUT2D eigenvalue weighted by molar-refractivity contribution is -0.136. The number of carbonyl (C=O) groups excluding carboxylic acids is 1. The molecule has 30 heavy (non-hydrogen) atoms. The molecule has 1 amide bonds. The van der Waals surface area contributed by atoms with Crippen LogP contribution in [0.15, 0.2) is 56.7 Å². The number of likely N-dealkylation sites (tertiary alicyclic amines) is 1. The Morgan fingerprint density at radius 2 is 2.00 bits per heavy atom. The van der Waals surface area contributed by atoms with Crippen molar-refractivity contribution < 1.29 is 9.21 Å². The molecule has 1 N–H and O–H groups in total. The molecule has 8 nitrogen and oxygen atoms in total. The third kappa shape index (κ3) is 4.54. The summed E-state index contributed by atoms with van der Waals surface area (Å²) < 4.78 is 7.16. The molecule has 9 heteroatoms. The SMILES string of the molecule is O=C(Cn1ccc(=O)[nH]c1=O)N1CCCC[C@@H]1c1ncc(Cc2ccc(Cl)cc2)o1. The van der Waals surface area contributed by atoms with Crippen LogP contribution in [0.2, 0.25) is 5.02 Å². The fourth-order valence-corrected chi connectivity index (χ4v) is 3.78. The minimum atomic E-state index is -0.606. The van der Waals surface area contributed by atoms with Crippen LogP contribution in [0.3, 0.4) is 0 Å². The summed E-state index contributed by atoms with van der Waals surface area (Å²) in [6.45, 7) is 0.418. The molecular weight excluding hydrogens is 408 g/mol. The molecule has 0 radical (unpaired) electrons. The fourth-order valence-electron chi connectivity index (χ4n) is 3.65. The monoisotopic (exact) mass is 428 g/mol. The molecule has 3 aromatic rings. The Morgan fingerprint density at radius 1 is 1.20 bits per heavy atom.